The van der Waals surface area contributed by atoms with Crippen molar-refractivity contribution in [3.63, 3.8) is 0 Å². The average molecular weight is 882 g/mol. The summed E-state index contributed by atoms with van der Waals surface area (Å²) in [7, 11) is 0. The summed E-state index contributed by atoms with van der Waals surface area (Å²) in [6, 6.07) is 45.8. The maximum absolute atomic E-state index is 9.23. The van der Waals surface area contributed by atoms with Gasteiger partial charge in [0.15, 0.2) is 0 Å². The quantitative estimate of drug-likeness (QED) is 0.107. The van der Waals surface area contributed by atoms with Crippen LogP contribution in [0.15, 0.2) is 176 Å². The predicted molar refractivity (Wildman–Crippen MR) is 278 cm³/mol. The van der Waals surface area contributed by atoms with E-state index in [1.807, 2.05) is 82.1 Å². The number of ether oxygens (including phenoxy) is 1. The highest BCUT2D eigenvalue weighted by Gasteiger charge is 2.23. The molecule has 0 fully saturated rings. The molecule has 0 atom stereocenters. The Hall–Kier alpha value is -7.24. The largest absolute Gasteiger partial charge is 0.458 e. The summed E-state index contributed by atoms with van der Waals surface area (Å²) in [6.07, 6.45) is 7.31. The lowest BCUT2D eigenvalue weighted by molar-refractivity contribution is -0.571. The van der Waals surface area contributed by atoms with E-state index in [2.05, 4.69) is 146 Å². The molecule has 3 aromatic heterocycles. The summed E-state index contributed by atoms with van der Waals surface area (Å²) in [5.41, 5.74) is 11.2. The third-order valence-corrected chi connectivity index (χ3v) is 12.2. The second-order valence-electron chi connectivity index (χ2n) is 21.3. The van der Waals surface area contributed by atoms with Crippen molar-refractivity contribution in [1.29, 1.82) is 0 Å². The third-order valence-electron chi connectivity index (χ3n) is 12.2. The van der Waals surface area contributed by atoms with Crippen molar-refractivity contribution >= 4 is 32.8 Å². The molecule has 334 valence electrons. The van der Waals surface area contributed by atoms with Crippen LogP contribution in [0.25, 0.3) is 72.3 Å². The van der Waals surface area contributed by atoms with Gasteiger partial charge in [0, 0.05) is 23.0 Å². The molecule has 3 heterocycles. The first kappa shape index (κ1) is 37.9. The van der Waals surface area contributed by atoms with Crippen molar-refractivity contribution in [1.82, 2.24) is 14.1 Å². The Kier molecular flexibility index (Phi) is 9.56. The molecule has 0 amide bonds. The summed E-state index contributed by atoms with van der Waals surface area (Å²) in [6.45, 7) is 20.1. The van der Waals surface area contributed by atoms with Crippen LogP contribution in [0.4, 0.5) is 0 Å². The number of hydrogen-bond donors (Lipinski definition) is 0. The van der Waals surface area contributed by atoms with Gasteiger partial charge in [-0.15, -0.1) is 0 Å². The number of pyridine rings is 1. The summed E-state index contributed by atoms with van der Waals surface area (Å²) in [5, 5.41) is 2.23. The van der Waals surface area contributed by atoms with Crippen molar-refractivity contribution in [2.75, 3.05) is 0 Å². The minimum absolute atomic E-state index is 0.0205. The fourth-order valence-corrected chi connectivity index (χ4v) is 9.46. The first-order chi connectivity index (χ1) is 34.1. The zero-order valence-corrected chi connectivity index (χ0v) is 40.0. The van der Waals surface area contributed by atoms with Gasteiger partial charge in [0.25, 0.3) is 6.33 Å². The van der Waals surface area contributed by atoms with Gasteiger partial charge in [-0.3, -0.25) is 13.7 Å². The van der Waals surface area contributed by atoms with E-state index in [9.17, 15) is 2.74 Å². The van der Waals surface area contributed by atoms with Gasteiger partial charge < -0.3 is 4.74 Å². The summed E-state index contributed by atoms with van der Waals surface area (Å²) >= 11 is 0. The fourth-order valence-electron chi connectivity index (χ4n) is 9.46. The van der Waals surface area contributed by atoms with E-state index in [0.717, 1.165) is 68.3 Å². The molecule has 0 spiro atoms. The van der Waals surface area contributed by atoms with Gasteiger partial charge in [-0.25, -0.2) is 4.98 Å². The molecule has 5 heteroatoms. The molecule has 0 bridgehead atoms. The zero-order chi connectivity index (χ0) is 51.0. The van der Waals surface area contributed by atoms with Crippen LogP contribution in [0.3, 0.4) is 0 Å². The molecule has 0 radical (unpaired) electrons. The second kappa shape index (κ2) is 16.9. The van der Waals surface area contributed by atoms with Gasteiger partial charge in [-0.2, -0.15) is 0 Å². The number of benzene rings is 7. The first-order valence-electron chi connectivity index (χ1n) is 25.7. The minimum atomic E-state index is -0.434. The molecule has 10 aromatic rings. The molecular weight excluding hydrogens is 817 g/mol. The van der Waals surface area contributed by atoms with Crippen LogP contribution in [0.1, 0.15) is 85.9 Å². The topological polar surface area (TPSA) is 35.9 Å². The van der Waals surface area contributed by atoms with Crippen molar-refractivity contribution in [2.45, 2.75) is 80.6 Å². The molecule has 0 saturated carbocycles. The third kappa shape index (κ3) is 8.91. The maximum atomic E-state index is 9.23. The number of imidazole rings is 1. The molecule has 0 aliphatic carbocycles. The van der Waals surface area contributed by atoms with Crippen LogP contribution < -0.4 is 9.30 Å². The molecule has 10 rings (SSSR count). The minimum Gasteiger partial charge on any atom is -0.458 e. The van der Waals surface area contributed by atoms with E-state index in [0.29, 0.717) is 22.7 Å². The van der Waals surface area contributed by atoms with Crippen molar-refractivity contribution in [2.24, 2.45) is 10.8 Å². The molecule has 0 unspecified atom stereocenters. The number of para-hydroxylation sites is 4. The highest BCUT2D eigenvalue weighted by atomic mass is 16.5. The van der Waals surface area contributed by atoms with E-state index < -0.39 is 6.04 Å². The van der Waals surface area contributed by atoms with Gasteiger partial charge in [-0.1, -0.05) is 177 Å². The number of nitrogens with zero attached hydrogens (tertiary/aromatic N) is 4. The van der Waals surface area contributed by atoms with Gasteiger partial charge in [0.1, 0.15) is 17.3 Å². The van der Waals surface area contributed by atoms with E-state index in [1.54, 1.807) is 0 Å². The number of fused-ring (bicyclic) bond motifs is 4. The fraction of sp³-hybridized carbons (Fsp3) is 0.226. The molecule has 0 aliphatic heterocycles. The van der Waals surface area contributed by atoms with E-state index in [-0.39, 0.29) is 46.0 Å². The lowest BCUT2D eigenvalue weighted by Gasteiger charge is -2.23. The van der Waals surface area contributed by atoms with Crippen LogP contribution >= 0.6 is 0 Å². The molecule has 0 saturated heterocycles. The summed E-state index contributed by atoms with van der Waals surface area (Å²) in [4.78, 5) is 4.87. The van der Waals surface area contributed by atoms with Gasteiger partial charge >= 0.3 is 0 Å². The van der Waals surface area contributed by atoms with Crippen LogP contribution in [0, 0.1) is 17.2 Å². The Morgan fingerprint density at radius 3 is 1.94 bits per heavy atom. The molecule has 0 N–H and O–H groups in total. The first-order valence-corrected chi connectivity index (χ1v) is 23.2. The standard InChI is InChI=1S/C62H60N4O/c1-60(2,3)39-42-33-43(40-61(4,5)6)35-45(34-42)51-25-18-24-50(44-19-11-10-12-20-44)59(51)65-41-64(55-27-15-16-28-56(55)65)47-21-17-22-48(37-47)67-49-29-30-53-52-23-13-14-26-54(52)66(57(53)38-49)58-36-46(31-32-63-58)62(7,8)9/h10-38H,39-40H2,1-9H3/i10D,11D,12D,19D,20D. The van der Waals surface area contributed by atoms with Gasteiger partial charge in [-0.05, 0) is 117 Å². The summed E-state index contributed by atoms with van der Waals surface area (Å²) < 4.78 is 57.4. The number of aromatic nitrogens is 4. The number of rotatable bonds is 9. The predicted octanol–water partition coefficient (Wildman–Crippen LogP) is 15.8. The SMILES string of the molecule is [2H]c1c([2H])c([2H])c(-c2cccc(-c3cc(CC(C)(C)C)cc(CC(C)(C)C)c3)c2-[n+]2[c-]n(-c3cccc(Oc4ccc5c6ccccc6n(-c6cc(C(C)(C)C)ccn6)c5c4)c3)c3ccccc32)c([2H])c1[2H]. The smallest absolute Gasteiger partial charge is 0.269 e. The normalized spacial score (nSPS) is 13.4. The number of hydrogen-bond acceptors (Lipinski definition) is 2. The highest BCUT2D eigenvalue weighted by Crippen LogP contribution is 2.39. The van der Waals surface area contributed by atoms with Crippen LogP contribution in [0.2, 0.25) is 0 Å². The van der Waals surface area contributed by atoms with Gasteiger partial charge in [0.05, 0.1) is 40.3 Å². The Balaban J connectivity index is 1.14. The summed E-state index contributed by atoms with van der Waals surface area (Å²) in [5.74, 6) is 2.14. The Morgan fingerprint density at radius 2 is 1.22 bits per heavy atom. The van der Waals surface area contributed by atoms with E-state index in [1.165, 1.54) is 16.7 Å². The van der Waals surface area contributed by atoms with E-state index >= 15 is 0 Å². The van der Waals surface area contributed by atoms with Crippen molar-refractivity contribution in [3.8, 4) is 50.9 Å². The Labute approximate surface area is 403 Å². The van der Waals surface area contributed by atoms with Crippen molar-refractivity contribution in [3.05, 3.63) is 199 Å². The second-order valence-corrected chi connectivity index (χ2v) is 21.3. The van der Waals surface area contributed by atoms with Gasteiger partial charge in [0.2, 0.25) is 0 Å². The Bertz CT molecular complexity index is 3690. The molecule has 67 heavy (non-hydrogen) atoms. The monoisotopic (exact) mass is 882 g/mol. The molecule has 7 aromatic carbocycles. The lowest BCUT2D eigenvalue weighted by atomic mass is 9.82. The molecule has 5 nitrogen and oxygen atoms in total. The maximum Gasteiger partial charge on any atom is 0.269 e. The average Bonchev–Trinajstić information content (AvgIpc) is 3.87. The van der Waals surface area contributed by atoms with Crippen molar-refractivity contribution < 1.29 is 16.2 Å². The zero-order valence-electron chi connectivity index (χ0n) is 45.0. The van der Waals surface area contributed by atoms with Crippen LogP contribution in [-0.4, -0.2) is 14.1 Å². The van der Waals surface area contributed by atoms with Crippen LogP contribution in [-0.2, 0) is 18.3 Å². The highest BCUT2D eigenvalue weighted by molar-refractivity contribution is 6.09. The Morgan fingerprint density at radius 1 is 0.582 bits per heavy atom. The molecule has 0 aliphatic rings. The van der Waals surface area contributed by atoms with E-state index in [4.69, 9.17) is 13.8 Å². The lowest BCUT2D eigenvalue weighted by Crippen LogP contribution is -2.31. The molecular formula is C62H60N4O. The van der Waals surface area contributed by atoms with Crippen LogP contribution in [0.5, 0.6) is 11.5 Å².